The van der Waals surface area contributed by atoms with Gasteiger partial charge in [-0.2, -0.15) is 4.98 Å². The molecule has 4 heterocycles. The molecular weight excluding hydrogens is 591 g/mol. The van der Waals surface area contributed by atoms with Crippen molar-refractivity contribution in [2.24, 2.45) is 0 Å². The van der Waals surface area contributed by atoms with E-state index in [1.165, 1.54) is 6.07 Å². The van der Waals surface area contributed by atoms with Gasteiger partial charge in [-0.15, -0.1) is 0 Å². The van der Waals surface area contributed by atoms with E-state index >= 15 is 4.39 Å². The molecule has 2 saturated heterocycles. The molecule has 248 valence electrons. The van der Waals surface area contributed by atoms with Crippen molar-refractivity contribution in [3.8, 4) is 0 Å². The van der Waals surface area contributed by atoms with Gasteiger partial charge in [0.1, 0.15) is 11.4 Å². The fourth-order valence-corrected chi connectivity index (χ4v) is 6.12. The first-order chi connectivity index (χ1) is 21.8. The summed E-state index contributed by atoms with van der Waals surface area (Å²) < 4.78 is 26.0. The normalized spacial score (nSPS) is 19.1. The molecule has 2 aliphatic rings. The van der Waals surface area contributed by atoms with Crippen molar-refractivity contribution in [2.45, 2.75) is 90.8 Å². The Balaban J connectivity index is 1.26. The summed E-state index contributed by atoms with van der Waals surface area (Å²) in [6.45, 7) is 16.0. The van der Waals surface area contributed by atoms with Crippen LogP contribution in [0, 0.1) is 12.7 Å². The number of piperidine rings is 1. The number of hydrogen-bond acceptors (Lipinski definition) is 10. The summed E-state index contributed by atoms with van der Waals surface area (Å²) in [7, 11) is 0. The second kappa shape index (κ2) is 13.6. The largest absolute Gasteiger partial charge is 0.444 e. The summed E-state index contributed by atoms with van der Waals surface area (Å²) in [5, 5.41) is 7.01. The molecule has 12 nitrogen and oxygen atoms in total. The lowest BCUT2D eigenvalue weighted by molar-refractivity contribution is 0.0504. The molecule has 1 N–H and O–H groups in total. The number of carbonyl (C=O) groups is 2. The van der Waals surface area contributed by atoms with Crippen LogP contribution in [0.4, 0.5) is 21.1 Å². The van der Waals surface area contributed by atoms with Crippen LogP contribution in [0.15, 0.2) is 35.1 Å². The molecule has 0 saturated carbocycles. The molecule has 0 bridgehead atoms. The Hall–Kier alpha value is -4.29. The minimum Gasteiger partial charge on any atom is -0.444 e. The highest BCUT2D eigenvalue weighted by Gasteiger charge is 2.38. The zero-order valence-corrected chi connectivity index (χ0v) is 27.8. The number of anilines is 2. The SMILES string of the molecule is CCN(C(=O)c1cnc(N2CC(NC(=O)OC(C)(C)C)C(c3cc(C)ccc3F)C2)nc1)C1CCN(c2nc(C(C)C)no2)CC1. The molecule has 0 radical (unpaired) electrons. The van der Waals surface area contributed by atoms with Crippen molar-refractivity contribution in [3.63, 3.8) is 0 Å². The van der Waals surface area contributed by atoms with Gasteiger partial charge in [0.25, 0.3) is 5.91 Å². The van der Waals surface area contributed by atoms with E-state index in [1.54, 1.807) is 39.2 Å². The molecular formula is C33H45FN8O4. The molecule has 2 atom stereocenters. The highest BCUT2D eigenvalue weighted by molar-refractivity contribution is 5.94. The number of halogens is 1. The van der Waals surface area contributed by atoms with Crippen molar-refractivity contribution in [1.82, 2.24) is 30.3 Å². The molecule has 13 heteroatoms. The van der Waals surface area contributed by atoms with Crippen molar-refractivity contribution in [1.29, 1.82) is 0 Å². The first-order valence-corrected chi connectivity index (χ1v) is 16.0. The van der Waals surface area contributed by atoms with Gasteiger partial charge in [0, 0.05) is 63.0 Å². The second-order valence-corrected chi connectivity index (χ2v) is 13.5. The van der Waals surface area contributed by atoms with Crippen LogP contribution in [0.5, 0.6) is 0 Å². The monoisotopic (exact) mass is 636 g/mol. The number of carbonyl (C=O) groups excluding carboxylic acids is 2. The molecule has 0 aliphatic carbocycles. The van der Waals surface area contributed by atoms with E-state index in [4.69, 9.17) is 9.26 Å². The lowest BCUT2D eigenvalue weighted by atomic mass is 9.92. The maximum atomic E-state index is 15.0. The maximum absolute atomic E-state index is 15.0. The van der Waals surface area contributed by atoms with Gasteiger partial charge in [0.15, 0.2) is 5.82 Å². The number of nitrogens with zero attached hydrogens (tertiary/aromatic N) is 7. The molecule has 2 amide bonds. The summed E-state index contributed by atoms with van der Waals surface area (Å²) in [6, 6.07) is 5.13. The van der Waals surface area contributed by atoms with Gasteiger partial charge in [0.2, 0.25) is 5.95 Å². The van der Waals surface area contributed by atoms with Crippen LogP contribution >= 0.6 is 0 Å². The van der Waals surface area contributed by atoms with Crippen molar-refractivity contribution in [2.75, 3.05) is 42.5 Å². The molecule has 1 aromatic carbocycles. The molecule has 3 aromatic rings. The lowest BCUT2D eigenvalue weighted by Gasteiger charge is -2.37. The Labute approximate surface area is 269 Å². The van der Waals surface area contributed by atoms with Gasteiger partial charge < -0.3 is 29.3 Å². The highest BCUT2D eigenvalue weighted by Crippen LogP contribution is 2.32. The average Bonchev–Trinajstić information content (AvgIpc) is 3.67. The lowest BCUT2D eigenvalue weighted by Crippen LogP contribution is -2.47. The third kappa shape index (κ3) is 7.56. The first kappa shape index (κ1) is 33.1. The highest BCUT2D eigenvalue weighted by atomic mass is 19.1. The fourth-order valence-electron chi connectivity index (χ4n) is 6.12. The Morgan fingerprint density at radius 2 is 1.83 bits per heavy atom. The molecule has 2 fully saturated rings. The fraction of sp³-hybridized carbons (Fsp3) is 0.576. The van der Waals surface area contributed by atoms with E-state index in [2.05, 4.69) is 30.3 Å². The predicted octanol–water partition coefficient (Wildman–Crippen LogP) is 5.06. The first-order valence-electron chi connectivity index (χ1n) is 16.0. The number of benzene rings is 1. The van der Waals surface area contributed by atoms with Crippen LogP contribution in [0.2, 0.25) is 0 Å². The number of amides is 2. The molecule has 0 spiro atoms. The number of aromatic nitrogens is 4. The Morgan fingerprint density at radius 3 is 2.43 bits per heavy atom. The van der Waals surface area contributed by atoms with E-state index in [0.29, 0.717) is 61.6 Å². The zero-order chi connectivity index (χ0) is 33.2. The number of alkyl carbamates (subject to hydrolysis) is 1. The zero-order valence-electron chi connectivity index (χ0n) is 27.8. The van der Waals surface area contributed by atoms with E-state index in [-0.39, 0.29) is 29.6 Å². The summed E-state index contributed by atoms with van der Waals surface area (Å²) in [5.41, 5.74) is 1.16. The topological polar surface area (TPSA) is 130 Å². The molecule has 5 rings (SSSR count). The minimum atomic E-state index is -0.674. The Morgan fingerprint density at radius 1 is 1.13 bits per heavy atom. The molecule has 2 unspecified atom stereocenters. The van der Waals surface area contributed by atoms with Crippen LogP contribution in [-0.4, -0.2) is 87.4 Å². The summed E-state index contributed by atoms with van der Waals surface area (Å²) in [6.07, 6.45) is 4.07. The van der Waals surface area contributed by atoms with Gasteiger partial charge in [-0.1, -0.05) is 36.7 Å². The van der Waals surface area contributed by atoms with Crippen LogP contribution in [0.1, 0.15) is 93.5 Å². The van der Waals surface area contributed by atoms with Gasteiger partial charge >= 0.3 is 12.1 Å². The standard InChI is InChI=1S/C33H45FN8O4/c1-8-42(23-11-13-40(14-12-23)31-38-28(20(2)3)39-46-31)29(43)22-16-35-30(36-17-22)41-18-25(24-15-21(4)9-10-26(24)34)27(19-41)37-32(44)45-33(5,6)7/h9-10,15-17,20,23,25,27H,8,11-14,18-19H2,1-7H3,(H,37,44). The van der Waals surface area contributed by atoms with E-state index in [0.717, 1.165) is 18.4 Å². The van der Waals surface area contributed by atoms with E-state index in [1.807, 2.05) is 43.6 Å². The van der Waals surface area contributed by atoms with E-state index in [9.17, 15) is 9.59 Å². The van der Waals surface area contributed by atoms with Crippen LogP contribution in [0.3, 0.4) is 0 Å². The quantitative estimate of drug-likeness (QED) is 0.358. The predicted molar refractivity (Wildman–Crippen MR) is 172 cm³/mol. The number of hydrogen-bond donors (Lipinski definition) is 1. The Kier molecular flexibility index (Phi) is 9.78. The Bertz CT molecular complexity index is 1510. The molecule has 2 aliphatic heterocycles. The number of nitrogens with one attached hydrogen (secondary N) is 1. The maximum Gasteiger partial charge on any atom is 0.407 e. The van der Waals surface area contributed by atoms with Gasteiger partial charge in [-0.25, -0.2) is 19.2 Å². The average molecular weight is 637 g/mol. The number of rotatable bonds is 8. The number of aryl methyl sites for hydroxylation is 1. The third-order valence-electron chi connectivity index (χ3n) is 8.47. The van der Waals surface area contributed by atoms with Crippen LogP contribution in [-0.2, 0) is 4.74 Å². The molecule has 46 heavy (non-hydrogen) atoms. The van der Waals surface area contributed by atoms with Gasteiger partial charge in [-0.3, -0.25) is 4.79 Å². The number of ether oxygens (including phenoxy) is 1. The molecule has 2 aromatic heterocycles. The van der Waals surface area contributed by atoms with Crippen molar-refractivity contribution >= 4 is 24.0 Å². The van der Waals surface area contributed by atoms with Crippen LogP contribution < -0.4 is 15.1 Å². The van der Waals surface area contributed by atoms with E-state index < -0.39 is 17.7 Å². The van der Waals surface area contributed by atoms with Gasteiger partial charge in [0.05, 0.1) is 11.6 Å². The van der Waals surface area contributed by atoms with Crippen molar-refractivity contribution < 1.29 is 23.2 Å². The van der Waals surface area contributed by atoms with Crippen LogP contribution in [0.25, 0.3) is 0 Å². The van der Waals surface area contributed by atoms with Gasteiger partial charge in [-0.05, 0) is 59.1 Å². The third-order valence-corrected chi connectivity index (χ3v) is 8.47. The second-order valence-electron chi connectivity index (χ2n) is 13.5. The van der Waals surface area contributed by atoms with Crippen molar-refractivity contribution in [3.05, 3.63) is 58.9 Å². The smallest absolute Gasteiger partial charge is 0.407 e. The summed E-state index contributed by atoms with van der Waals surface area (Å²) >= 11 is 0. The minimum absolute atomic E-state index is 0.0594. The summed E-state index contributed by atoms with van der Waals surface area (Å²) in [4.78, 5) is 45.8. The summed E-state index contributed by atoms with van der Waals surface area (Å²) in [5.74, 6) is 0.460.